The van der Waals surface area contributed by atoms with Gasteiger partial charge in [0.2, 0.25) is 5.91 Å². The second kappa shape index (κ2) is 8.00. The molecule has 1 saturated carbocycles. The van der Waals surface area contributed by atoms with E-state index in [1.54, 1.807) is 6.20 Å². The summed E-state index contributed by atoms with van der Waals surface area (Å²) in [5.74, 6) is -2.77. The lowest BCUT2D eigenvalue weighted by Gasteiger charge is -2.36. The van der Waals surface area contributed by atoms with Gasteiger partial charge in [-0.05, 0) is 49.0 Å². The molecule has 0 saturated heterocycles. The summed E-state index contributed by atoms with van der Waals surface area (Å²) in [6.07, 6.45) is 4.80. The number of methoxy groups -OCH3 is 2. The number of ether oxygens (including phenoxy) is 2. The molecule has 1 spiro atoms. The van der Waals surface area contributed by atoms with Gasteiger partial charge in [-0.25, -0.2) is 8.78 Å². The molecule has 0 radical (unpaired) electrons. The van der Waals surface area contributed by atoms with Gasteiger partial charge < -0.3 is 14.4 Å². The van der Waals surface area contributed by atoms with Crippen molar-refractivity contribution in [1.29, 1.82) is 0 Å². The van der Waals surface area contributed by atoms with E-state index in [1.807, 2.05) is 6.92 Å². The zero-order valence-corrected chi connectivity index (χ0v) is 18.3. The second-order valence-corrected chi connectivity index (χ2v) is 8.13. The molecule has 32 heavy (non-hydrogen) atoms. The van der Waals surface area contributed by atoms with Crippen molar-refractivity contribution in [1.82, 2.24) is 4.98 Å². The minimum atomic E-state index is -0.956. The molecule has 1 amide bonds. The van der Waals surface area contributed by atoms with E-state index in [0.29, 0.717) is 19.3 Å². The Morgan fingerprint density at radius 1 is 1.25 bits per heavy atom. The van der Waals surface area contributed by atoms with Crippen molar-refractivity contribution >= 4 is 17.4 Å². The number of aromatic nitrogens is 1. The number of anilines is 1. The molecule has 1 fully saturated rings. The normalized spacial score (nSPS) is 16.0. The van der Waals surface area contributed by atoms with Gasteiger partial charge in [-0.2, -0.15) is 0 Å². The van der Waals surface area contributed by atoms with Crippen LogP contribution < -0.4 is 14.4 Å². The molecule has 4 rings (SSSR count). The number of pyridine rings is 1. The Morgan fingerprint density at radius 2 is 1.88 bits per heavy atom. The molecule has 1 aromatic carbocycles. The average molecular weight is 442 g/mol. The molecule has 2 aromatic rings. The Bertz CT molecular complexity index is 1110. The maximum absolute atomic E-state index is 15.1. The largest absolute Gasteiger partial charge is 0.493 e. The summed E-state index contributed by atoms with van der Waals surface area (Å²) < 4.78 is 40.3. The van der Waals surface area contributed by atoms with Crippen LogP contribution in [0.25, 0.3) is 0 Å². The van der Waals surface area contributed by atoms with Crippen molar-refractivity contribution in [3.8, 4) is 11.5 Å². The van der Waals surface area contributed by atoms with Crippen LogP contribution in [-0.4, -0.2) is 30.9 Å². The number of fused-ring (bicyclic) bond motifs is 2. The van der Waals surface area contributed by atoms with Gasteiger partial charge in [0.15, 0.2) is 28.9 Å². The first-order valence-electron chi connectivity index (χ1n) is 10.3. The second-order valence-electron chi connectivity index (χ2n) is 8.13. The number of allylic oxidation sites excluding steroid dienone is 1. The molecule has 2 aliphatic rings. The SMILES string of the molecule is C=CC(=O)CCc1ncc2c(c1C)C1(CC1)C(=O)N(c1c(F)c(OC)cc(OC)c1F)C2. The van der Waals surface area contributed by atoms with Crippen LogP contribution in [0.4, 0.5) is 14.5 Å². The van der Waals surface area contributed by atoms with Gasteiger partial charge in [0.05, 0.1) is 26.2 Å². The Hall–Kier alpha value is -3.29. The molecule has 0 atom stereocenters. The van der Waals surface area contributed by atoms with Gasteiger partial charge in [-0.1, -0.05) is 6.58 Å². The van der Waals surface area contributed by atoms with E-state index in [2.05, 4.69) is 11.6 Å². The van der Waals surface area contributed by atoms with Gasteiger partial charge in [-0.15, -0.1) is 0 Å². The monoisotopic (exact) mass is 442 g/mol. The van der Waals surface area contributed by atoms with Crippen LogP contribution in [0, 0.1) is 18.6 Å². The number of rotatable bonds is 7. The third-order valence-corrected chi connectivity index (χ3v) is 6.37. The van der Waals surface area contributed by atoms with Crippen molar-refractivity contribution < 1.29 is 27.8 Å². The van der Waals surface area contributed by atoms with E-state index in [9.17, 15) is 9.59 Å². The highest BCUT2D eigenvalue weighted by molar-refractivity contribution is 6.05. The first kappa shape index (κ1) is 21.9. The fraction of sp³-hybridized carbons (Fsp3) is 0.375. The van der Waals surface area contributed by atoms with Crippen LogP contribution in [0.1, 0.15) is 41.6 Å². The maximum Gasteiger partial charge on any atom is 0.238 e. The average Bonchev–Trinajstić information content (AvgIpc) is 3.57. The number of nitrogens with zero attached hydrogens (tertiary/aromatic N) is 2. The maximum atomic E-state index is 15.1. The molecule has 1 aliphatic carbocycles. The van der Waals surface area contributed by atoms with Gasteiger partial charge in [-0.3, -0.25) is 14.6 Å². The summed E-state index contributed by atoms with van der Waals surface area (Å²) in [6.45, 7) is 5.34. The molecule has 1 aliphatic heterocycles. The number of aryl methyl sites for hydroxylation is 1. The van der Waals surface area contributed by atoms with Gasteiger partial charge >= 0.3 is 0 Å². The van der Waals surface area contributed by atoms with E-state index >= 15 is 8.78 Å². The quantitative estimate of drug-likeness (QED) is 0.608. The lowest BCUT2D eigenvalue weighted by molar-refractivity contribution is -0.121. The Kier molecular flexibility index (Phi) is 5.48. The summed E-state index contributed by atoms with van der Waals surface area (Å²) in [5.41, 5.74) is 1.87. The van der Waals surface area contributed by atoms with E-state index in [1.165, 1.54) is 20.3 Å². The molecule has 0 unspecified atom stereocenters. The van der Waals surface area contributed by atoms with Crippen LogP contribution in [0.5, 0.6) is 11.5 Å². The van der Waals surface area contributed by atoms with Crippen molar-refractivity contribution in [2.24, 2.45) is 0 Å². The summed E-state index contributed by atoms with van der Waals surface area (Å²) in [5, 5.41) is 0. The summed E-state index contributed by atoms with van der Waals surface area (Å²) >= 11 is 0. The van der Waals surface area contributed by atoms with E-state index < -0.39 is 22.7 Å². The van der Waals surface area contributed by atoms with Crippen LogP contribution >= 0.6 is 0 Å². The predicted octanol–water partition coefficient (Wildman–Crippen LogP) is 3.95. The van der Waals surface area contributed by atoms with E-state index in [0.717, 1.165) is 33.4 Å². The first-order valence-corrected chi connectivity index (χ1v) is 10.3. The summed E-state index contributed by atoms with van der Waals surface area (Å²) in [6, 6.07) is 1.12. The van der Waals surface area contributed by atoms with Gasteiger partial charge in [0, 0.05) is 24.4 Å². The number of halogens is 2. The van der Waals surface area contributed by atoms with Gasteiger partial charge in [0.1, 0.15) is 5.69 Å². The van der Waals surface area contributed by atoms with Crippen LogP contribution in [0.15, 0.2) is 24.9 Å². The van der Waals surface area contributed by atoms with Crippen molar-refractivity contribution in [2.75, 3.05) is 19.1 Å². The minimum Gasteiger partial charge on any atom is -0.493 e. The number of carbonyl (C=O) groups excluding carboxylic acids is 2. The molecule has 168 valence electrons. The number of carbonyl (C=O) groups is 2. The van der Waals surface area contributed by atoms with Crippen LogP contribution in [-0.2, 0) is 28.0 Å². The summed E-state index contributed by atoms with van der Waals surface area (Å²) in [4.78, 5) is 30.8. The van der Waals surface area contributed by atoms with Crippen LogP contribution in [0.3, 0.4) is 0 Å². The zero-order chi connectivity index (χ0) is 23.2. The number of benzene rings is 1. The van der Waals surface area contributed by atoms with Crippen molar-refractivity contribution in [3.63, 3.8) is 0 Å². The smallest absolute Gasteiger partial charge is 0.238 e. The highest BCUT2D eigenvalue weighted by Crippen LogP contribution is 2.56. The zero-order valence-electron chi connectivity index (χ0n) is 18.3. The third kappa shape index (κ3) is 3.25. The molecular weight excluding hydrogens is 418 g/mol. The molecule has 0 bridgehead atoms. The highest BCUT2D eigenvalue weighted by atomic mass is 19.1. The molecular formula is C24H24F2N2O4. The first-order chi connectivity index (χ1) is 15.3. The molecule has 0 N–H and O–H groups in total. The molecule has 2 heterocycles. The van der Waals surface area contributed by atoms with Gasteiger partial charge in [0.25, 0.3) is 0 Å². The standard InChI is InChI=1S/C24H24F2N2O4/c1-5-15(29)6-7-16-13(2)19-14(11-27-16)12-28(23(30)24(19)8-9-24)22-20(25)17(31-3)10-18(32-4)21(22)26/h5,10-11H,1,6-9,12H2,2-4H3. The Morgan fingerprint density at radius 3 is 2.41 bits per heavy atom. The number of amides is 1. The molecule has 8 heteroatoms. The number of hydrogen-bond acceptors (Lipinski definition) is 5. The van der Waals surface area contributed by atoms with Crippen molar-refractivity contribution in [2.45, 2.75) is 44.6 Å². The topological polar surface area (TPSA) is 68.7 Å². The predicted molar refractivity (Wildman–Crippen MR) is 114 cm³/mol. The highest BCUT2D eigenvalue weighted by Gasteiger charge is 2.58. The lowest BCUT2D eigenvalue weighted by atomic mass is 9.82. The number of ketones is 1. The van der Waals surface area contributed by atoms with E-state index in [-0.39, 0.29) is 36.2 Å². The number of hydrogen-bond donors (Lipinski definition) is 0. The minimum absolute atomic E-state index is 0.0280. The Balaban J connectivity index is 1.80. The summed E-state index contributed by atoms with van der Waals surface area (Å²) in [7, 11) is 2.53. The molecule has 6 nitrogen and oxygen atoms in total. The fourth-order valence-corrected chi connectivity index (χ4v) is 4.57. The third-order valence-electron chi connectivity index (χ3n) is 6.37. The van der Waals surface area contributed by atoms with Crippen molar-refractivity contribution in [3.05, 3.63) is 58.9 Å². The molecule has 1 aromatic heterocycles. The van der Waals surface area contributed by atoms with E-state index in [4.69, 9.17) is 9.47 Å². The Labute approximate surface area is 184 Å². The van der Waals surface area contributed by atoms with Crippen LogP contribution in [0.2, 0.25) is 0 Å². The lowest BCUT2D eigenvalue weighted by Crippen LogP contribution is -2.45. The fourth-order valence-electron chi connectivity index (χ4n) is 4.57.